The summed E-state index contributed by atoms with van der Waals surface area (Å²) in [5.74, 6) is 0.990. The number of halogens is 3. The molecule has 2 aliphatic rings. The number of carbonyl (C=O) groups excluding carboxylic acids is 1. The smallest absolute Gasteiger partial charge is 0.406 e. The predicted molar refractivity (Wildman–Crippen MR) is 90.5 cm³/mol. The number of hydrogen-bond donors (Lipinski definition) is 2. The highest BCUT2D eigenvalue weighted by Crippen LogP contribution is 2.39. The van der Waals surface area contributed by atoms with Gasteiger partial charge in [0, 0.05) is 24.6 Å². The quantitative estimate of drug-likeness (QED) is 0.836. The molecule has 27 heavy (non-hydrogen) atoms. The number of nitrogens with one attached hydrogen (secondary N) is 2. The second kappa shape index (κ2) is 6.71. The van der Waals surface area contributed by atoms with Gasteiger partial charge in [-0.1, -0.05) is 12.1 Å². The number of ether oxygens (including phenoxy) is 1. The van der Waals surface area contributed by atoms with Crippen LogP contribution < -0.4 is 15.4 Å². The van der Waals surface area contributed by atoms with Crippen LogP contribution in [-0.2, 0) is 13.0 Å². The van der Waals surface area contributed by atoms with E-state index >= 15 is 0 Å². The molecule has 9 heteroatoms. The lowest BCUT2D eigenvalue weighted by Crippen LogP contribution is -2.34. The van der Waals surface area contributed by atoms with Crippen molar-refractivity contribution >= 4 is 11.7 Å². The van der Waals surface area contributed by atoms with Crippen LogP contribution in [0.1, 0.15) is 46.2 Å². The van der Waals surface area contributed by atoms with Crippen LogP contribution in [0.3, 0.4) is 0 Å². The van der Waals surface area contributed by atoms with Crippen molar-refractivity contribution in [3.63, 3.8) is 0 Å². The fourth-order valence-electron chi connectivity index (χ4n) is 3.02. The molecule has 0 saturated heterocycles. The minimum atomic E-state index is -4.73. The fraction of sp³-hybridized carbons (Fsp3) is 0.389. The molecule has 2 N–H and O–H groups in total. The van der Waals surface area contributed by atoms with Crippen LogP contribution in [0.15, 0.2) is 24.3 Å². The Balaban J connectivity index is 1.56. The monoisotopic (exact) mass is 378 g/mol. The molecule has 1 aromatic carbocycles. The number of fused-ring (bicyclic) bond motifs is 1. The Morgan fingerprint density at radius 2 is 2.07 bits per heavy atom. The topological polar surface area (TPSA) is 76.1 Å². The number of amides is 1. The third-order valence-electron chi connectivity index (χ3n) is 4.43. The van der Waals surface area contributed by atoms with Crippen LogP contribution in [0.5, 0.6) is 5.75 Å². The van der Waals surface area contributed by atoms with Gasteiger partial charge in [-0.25, -0.2) is 9.97 Å². The van der Waals surface area contributed by atoms with E-state index < -0.39 is 6.36 Å². The lowest BCUT2D eigenvalue weighted by atomic mass is 10.1. The standard InChI is InChI=1S/C18H17F3N4O2/c19-18(20,21)27-12-3-1-2-10(8-12)9-23-16-13-6-7-22-17(26)14(13)24-15(25-16)11-4-5-11/h1-3,8,11H,4-7,9H2,(H,22,26)(H,23,24,25). The van der Waals surface area contributed by atoms with E-state index in [1.54, 1.807) is 6.07 Å². The summed E-state index contributed by atoms with van der Waals surface area (Å²) in [5.41, 5.74) is 1.73. The van der Waals surface area contributed by atoms with Gasteiger partial charge in [-0.05, 0) is 37.0 Å². The Hall–Kier alpha value is -2.84. The van der Waals surface area contributed by atoms with Gasteiger partial charge >= 0.3 is 6.36 Å². The van der Waals surface area contributed by atoms with E-state index in [4.69, 9.17) is 0 Å². The second-order valence-corrected chi connectivity index (χ2v) is 6.59. The Kier molecular flexibility index (Phi) is 4.37. The minimum Gasteiger partial charge on any atom is -0.406 e. The van der Waals surface area contributed by atoms with Crippen molar-refractivity contribution in [2.24, 2.45) is 0 Å². The summed E-state index contributed by atoms with van der Waals surface area (Å²) in [6.45, 7) is 0.756. The van der Waals surface area contributed by atoms with Crippen molar-refractivity contribution in [3.8, 4) is 5.75 Å². The SMILES string of the molecule is O=C1NCCc2c(NCc3cccc(OC(F)(F)F)c3)nc(C3CC3)nc21. The molecule has 4 rings (SSSR count). The average molecular weight is 378 g/mol. The Bertz CT molecular complexity index is 881. The van der Waals surface area contributed by atoms with E-state index in [2.05, 4.69) is 25.3 Å². The van der Waals surface area contributed by atoms with E-state index in [9.17, 15) is 18.0 Å². The molecule has 0 bridgehead atoms. The van der Waals surface area contributed by atoms with Gasteiger partial charge in [0.25, 0.3) is 5.91 Å². The van der Waals surface area contributed by atoms with Crippen LogP contribution in [0, 0.1) is 0 Å². The first kappa shape index (κ1) is 17.6. The summed E-state index contributed by atoms with van der Waals surface area (Å²) in [6.07, 6.45) is -2.14. The fourth-order valence-corrected chi connectivity index (χ4v) is 3.02. The van der Waals surface area contributed by atoms with Gasteiger partial charge in [0.05, 0.1) is 0 Å². The number of benzene rings is 1. The highest BCUT2D eigenvalue weighted by Gasteiger charge is 2.32. The van der Waals surface area contributed by atoms with Crippen molar-refractivity contribution in [3.05, 3.63) is 46.9 Å². The molecule has 1 fully saturated rings. The van der Waals surface area contributed by atoms with Crippen LogP contribution >= 0.6 is 0 Å². The third kappa shape index (κ3) is 4.12. The van der Waals surface area contributed by atoms with Crippen molar-refractivity contribution in [1.29, 1.82) is 0 Å². The number of carbonyl (C=O) groups is 1. The van der Waals surface area contributed by atoms with Gasteiger partial charge in [-0.2, -0.15) is 0 Å². The van der Waals surface area contributed by atoms with E-state index in [0.29, 0.717) is 35.9 Å². The first-order chi connectivity index (χ1) is 12.9. The molecule has 6 nitrogen and oxygen atoms in total. The molecular formula is C18H17F3N4O2. The Morgan fingerprint density at radius 1 is 1.26 bits per heavy atom. The second-order valence-electron chi connectivity index (χ2n) is 6.59. The number of hydrogen-bond acceptors (Lipinski definition) is 5. The molecular weight excluding hydrogens is 361 g/mol. The summed E-state index contributed by atoms with van der Waals surface area (Å²) in [5, 5.41) is 5.93. The van der Waals surface area contributed by atoms with Gasteiger partial charge in [0.2, 0.25) is 0 Å². The highest BCUT2D eigenvalue weighted by atomic mass is 19.4. The highest BCUT2D eigenvalue weighted by molar-refractivity contribution is 5.96. The maximum atomic E-state index is 12.4. The number of anilines is 1. The number of nitrogens with zero attached hydrogens (tertiary/aromatic N) is 2. The number of aromatic nitrogens is 2. The minimum absolute atomic E-state index is 0.218. The zero-order chi connectivity index (χ0) is 19.0. The summed E-state index contributed by atoms with van der Waals surface area (Å²) in [6, 6.07) is 5.76. The first-order valence-corrected chi connectivity index (χ1v) is 8.66. The predicted octanol–water partition coefficient (Wildman–Crippen LogP) is 3.15. The molecule has 0 spiro atoms. The molecule has 0 radical (unpaired) electrons. The maximum Gasteiger partial charge on any atom is 0.573 e. The zero-order valence-corrected chi connectivity index (χ0v) is 14.3. The third-order valence-corrected chi connectivity index (χ3v) is 4.43. The van der Waals surface area contributed by atoms with Gasteiger partial charge in [-0.15, -0.1) is 13.2 Å². The molecule has 0 unspecified atom stereocenters. The van der Waals surface area contributed by atoms with Crippen LogP contribution in [0.2, 0.25) is 0 Å². The van der Waals surface area contributed by atoms with Crippen LogP contribution in [-0.4, -0.2) is 28.8 Å². The maximum absolute atomic E-state index is 12.4. The molecule has 2 aromatic rings. The van der Waals surface area contributed by atoms with Gasteiger partial charge in [-0.3, -0.25) is 4.79 Å². The van der Waals surface area contributed by atoms with Crippen LogP contribution in [0.4, 0.5) is 19.0 Å². The summed E-state index contributed by atoms with van der Waals surface area (Å²) < 4.78 is 41.1. The number of rotatable bonds is 5. The van der Waals surface area contributed by atoms with Crippen molar-refractivity contribution in [1.82, 2.24) is 15.3 Å². The molecule has 0 atom stereocenters. The summed E-state index contributed by atoms with van der Waals surface area (Å²) >= 11 is 0. The average Bonchev–Trinajstić information content (AvgIpc) is 3.44. The zero-order valence-electron chi connectivity index (χ0n) is 14.3. The Morgan fingerprint density at radius 3 is 2.81 bits per heavy atom. The van der Waals surface area contributed by atoms with E-state index in [0.717, 1.165) is 18.4 Å². The summed E-state index contributed by atoms with van der Waals surface area (Å²) in [4.78, 5) is 21.1. The molecule has 2 heterocycles. The van der Waals surface area contributed by atoms with Crippen molar-refractivity contribution in [2.45, 2.75) is 38.1 Å². The van der Waals surface area contributed by atoms with E-state index in [-0.39, 0.29) is 24.1 Å². The molecule has 1 aromatic heterocycles. The van der Waals surface area contributed by atoms with Gasteiger partial charge in [0.1, 0.15) is 23.1 Å². The first-order valence-electron chi connectivity index (χ1n) is 8.66. The molecule has 1 aliphatic carbocycles. The largest absolute Gasteiger partial charge is 0.573 e. The van der Waals surface area contributed by atoms with E-state index in [1.807, 2.05) is 0 Å². The Labute approximate surface area is 153 Å². The molecule has 1 amide bonds. The lowest BCUT2D eigenvalue weighted by molar-refractivity contribution is -0.274. The normalized spacial score (nSPS) is 16.5. The van der Waals surface area contributed by atoms with Crippen LogP contribution in [0.25, 0.3) is 0 Å². The van der Waals surface area contributed by atoms with Gasteiger partial charge in [0.15, 0.2) is 0 Å². The van der Waals surface area contributed by atoms with Gasteiger partial charge < -0.3 is 15.4 Å². The molecule has 1 aliphatic heterocycles. The lowest BCUT2D eigenvalue weighted by Gasteiger charge is -2.20. The van der Waals surface area contributed by atoms with Crippen molar-refractivity contribution < 1.29 is 22.7 Å². The molecule has 1 saturated carbocycles. The summed E-state index contributed by atoms with van der Waals surface area (Å²) in [7, 11) is 0. The molecule has 142 valence electrons. The van der Waals surface area contributed by atoms with Crippen molar-refractivity contribution in [2.75, 3.05) is 11.9 Å². The number of alkyl halides is 3. The van der Waals surface area contributed by atoms with E-state index in [1.165, 1.54) is 18.2 Å².